The third-order valence-corrected chi connectivity index (χ3v) is 4.64. The molecule has 1 atom stereocenters. The SMILES string of the molecule is CN(C)C(CNC(=O)c1csc(-c2ccco2)n1)c1cccc(F)c1. The number of likely N-dealkylation sites (N-methyl/N-ethyl adjacent to an activating group) is 1. The van der Waals surface area contributed by atoms with Crippen molar-refractivity contribution in [1.29, 1.82) is 0 Å². The number of benzene rings is 1. The zero-order chi connectivity index (χ0) is 17.8. The lowest BCUT2D eigenvalue weighted by molar-refractivity contribution is 0.0937. The molecule has 130 valence electrons. The van der Waals surface area contributed by atoms with Crippen molar-refractivity contribution in [2.75, 3.05) is 20.6 Å². The van der Waals surface area contributed by atoms with E-state index in [9.17, 15) is 9.18 Å². The van der Waals surface area contributed by atoms with Crippen LogP contribution in [0.15, 0.2) is 52.5 Å². The summed E-state index contributed by atoms with van der Waals surface area (Å²) in [5, 5.41) is 5.22. The maximum atomic E-state index is 13.5. The molecule has 0 saturated heterocycles. The molecule has 25 heavy (non-hydrogen) atoms. The standard InChI is InChI=1S/C18H18FN3O2S/c1-22(2)15(12-5-3-6-13(19)9-12)10-20-17(23)14-11-25-18(21-14)16-7-4-8-24-16/h3-9,11,15H,10H2,1-2H3,(H,20,23). The fraction of sp³-hybridized carbons (Fsp3) is 0.222. The summed E-state index contributed by atoms with van der Waals surface area (Å²) in [5.74, 6) is 0.0746. The second-order valence-electron chi connectivity index (χ2n) is 5.76. The molecule has 2 aromatic heterocycles. The number of nitrogens with one attached hydrogen (secondary N) is 1. The highest BCUT2D eigenvalue weighted by Gasteiger charge is 2.18. The van der Waals surface area contributed by atoms with E-state index < -0.39 is 0 Å². The minimum absolute atomic E-state index is 0.136. The van der Waals surface area contributed by atoms with Gasteiger partial charge in [-0.1, -0.05) is 12.1 Å². The lowest BCUT2D eigenvalue weighted by atomic mass is 10.1. The van der Waals surface area contributed by atoms with Crippen molar-refractivity contribution < 1.29 is 13.6 Å². The van der Waals surface area contributed by atoms with Crippen molar-refractivity contribution in [2.24, 2.45) is 0 Å². The summed E-state index contributed by atoms with van der Waals surface area (Å²) >= 11 is 1.35. The molecule has 0 fully saturated rings. The van der Waals surface area contributed by atoms with Crippen molar-refractivity contribution in [3.63, 3.8) is 0 Å². The maximum absolute atomic E-state index is 13.5. The molecule has 0 bridgehead atoms. The number of thiazole rings is 1. The van der Waals surface area contributed by atoms with E-state index in [2.05, 4.69) is 10.3 Å². The van der Waals surface area contributed by atoms with Crippen LogP contribution in [0.1, 0.15) is 22.1 Å². The van der Waals surface area contributed by atoms with E-state index in [0.29, 0.717) is 23.0 Å². The normalized spacial score (nSPS) is 12.3. The monoisotopic (exact) mass is 359 g/mol. The Morgan fingerprint density at radius 3 is 2.88 bits per heavy atom. The van der Waals surface area contributed by atoms with Crippen LogP contribution in [-0.4, -0.2) is 36.4 Å². The van der Waals surface area contributed by atoms with Gasteiger partial charge in [0.05, 0.1) is 12.3 Å². The molecule has 1 unspecified atom stereocenters. The summed E-state index contributed by atoms with van der Waals surface area (Å²) in [6, 6.07) is 9.83. The van der Waals surface area contributed by atoms with E-state index in [1.165, 1.54) is 23.5 Å². The first-order chi connectivity index (χ1) is 12.0. The fourth-order valence-corrected chi connectivity index (χ4v) is 3.25. The van der Waals surface area contributed by atoms with Crippen molar-refractivity contribution in [3.05, 3.63) is 65.1 Å². The Morgan fingerprint density at radius 1 is 1.36 bits per heavy atom. The van der Waals surface area contributed by atoms with Crippen molar-refractivity contribution >= 4 is 17.2 Å². The predicted octanol–water partition coefficient (Wildman–Crippen LogP) is 3.57. The van der Waals surface area contributed by atoms with E-state index in [1.807, 2.05) is 25.1 Å². The molecule has 3 rings (SSSR count). The van der Waals surface area contributed by atoms with Gasteiger partial charge in [0.25, 0.3) is 5.91 Å². The van der Waals surface area contributed by atoms with Gasteiger partial charge in [-0.05, 0) is 43.9 Å². The van der Waals surface area contributed by atoms with Gasteiger partial charge in [-0.3, -0.25) is 4.79 Å². The number of carbonyl (C=O) groups excluding carboxylic acids is 1. The van der Waals surface area contributed by atoms with Crippen LogP contribution in [0.3, 0.4) is 0 Å². The smallest absolute Gasteiger partial charge is 0.270 e. The Kier molecular flexibility index (Phi) is 5.25. The van der Waals surface area contributed by atoms with Crippen molar-refractivity contribution in [2.45, 2.75) is 6.04 Å². The molecular weight excluding hydrogens is 341 g/mol. The summed E-state index contributed by atoms with van der Waals surface area (Å²) in [6.45, 7) is 0.350. The number of amides is 1. The Labute approximate surface area is 149 Å². The van der Waals surface area contributed by atoms with Gasteiger partial charge in [0.1, 0.15) is 11.5 Å². The first-order valence-corrected chi connectivity index (χ1v) is 8.62. The van der Waals surface area contributed by atoms with Crippen LogP contribution < -0.4 is 5.32 Å². The van der Waals surface area contributed by atoms with Crippen LogP contribution in [0.25, 0.3) is 10.8 Å². The molecule has 7 heteroatoms. The maximum Gasteiger partial charge on any atom is 0.270 e. The van der Waals surface area contributed by atoms with E-state index in [-0.39, 0.29) is 17.8 Å². The third kappa shape index (κ3) is 4.12. The fourth-order valence-electron chi connectivity index (χ4n) is 2.48. The third-order valence-electron chi connectivity index (χ3n) is 3.78. The molecular formula is C18H18FN3O2S. The average Bonchev–Trinajstić information content (AvgIpc) is 3.26. The molecule has 0 spiro atoms. The summed E-state index contributed by atoms with van der Waals surface area (Å²) in [5.41, 5.74) is 1.15. The first-order valence-electron chi connectivity index (χ1n) is 7.74. The highest BCUT2D eigenvalue weighted by atomic mass is 32.1. The van der Waals surface area contributed by atoms with E-state index in [1.54, 1.807) is 29.8 Å². The zero-order valence-electron chi connectivity index (χ0n) is 13.9. The minimum atomic E-state index is -0.293. The van der Waals surface area contributed by atoms with Gasteiger partial charge < -0.3 is 14.6 Å². The molecule has 0 saturated carbocycles. The van der Waals surface area contributed by atoms with Crippen LogP contribution in [0.2, 0.25) is 0 Å². The van der Waals surface area contributed by atoms with Gasteiger partial charge in [0, 0.05) is 11.9 Å². The van der Waals surface area contributed by atoms with Crippen LogP contribution >= 0.6 is 11.3 Å². The van der Waals surface area contributed by atoms with Gasteiger partial charge in [0.15, 0.2) is 10.8 Å². The molecule has 2 heterocycles. The van der Waals surface area contributed by atoms with Gasteiger partial charge in [-0.25, -0.2) is 9.37 Å². The van der Waals surface area contributed by atoms with Crippen molar-refractivity contribution in [3.8, 4) is 10.8 Å². The van der Waals surface area contributed by atoms with E-state index >= 15 is 0 Å². The highest BCUT2D eigenvalue weighted by Crippen LogP contribution is 2.24. The van der Waals surface area contributed by atoms with E-state index in [0.717, 1.165) is 5.56 Å². The predicted molar refractivity (Wildman–Crippen MR) is 95.0 cm³/mol. The Bertz CT molecular complexity index is 846. The first kappa shape index (κ1) is 17.3. The second kappa shape index (κ2) is 7.58. The van der Waals surface area contributed by atoms with Crippen LogP contribution in [0.4, 0.5) is 4.39 Å². The molecule has 1 amide bonds. The molecule has 0 aliphatic heterocycles. The lowest BCUT2D eigenvalue weighted by Crippen LogP contribution is -2.34. The molecule has 0 aliphatic rings. The number of hydrogen-bond acceptors (Lipinski definition) is 5. The summed E-state index contributed by atoms with van der Waals surface area (Å²) < 4.78 is 18.8. The van der Waals surface area contributed by atoms with Crippen LogP contribution in [0.5, 0.6) is 0 Å². The molecule has 3 aromatic rings. The van der Waals surface area contributed by atoms with Gasteiger partial charge in [-0.15, -0.1) is 11.3 Å². The van der Waals surface area contributed by atoms with Crippen molar-refractivity contribution in [1.82, 2.24) is 15.2 Å². The molecule has 1 aromatic carbocycles. The topological polar surface area (TPSA) is 58.4 Å². The van der Waals surface area contributed by atoms with Crippen LogP contribution in [-0.2, 0) is 0 Å². The molecule has 0 aliphatic carbocycles. The summed E-state index contributed by atoms with van der Waals surface area (Å²) in [4.78, 5) is 18.6. The van der Waals surface area contributed by atoms with Gasteiger partial charge in [-0.2, -0.15) is 0 Å². The number of aromatic nitrogens is 1. The minimum Gasteiger partial charge on any atom is -0.462 e. The number of carbonyl (C=O) groups is 1. The highest BCUT2D eigenvalue weighted by molar-refractivity contribution is 7.13. The Morgan fingerprint density at radius 2 is 2.20 bits per heavy atom. The van der Waals surface area contributed by atoms with Gasteiger partial charge >= 0.3 is 0 Å². The number of halogens is 1. The lowest BCUT2D eigenvalue weighted by Gasteiger charge is -2.25. The molecule has 1 N–H and O–H groups in total. The second-order valence-corrected chi connectivity index (χ2v) is 6.62. The zero-order valence-corrected chi connectivity index (χ0v) is 14.7. The molecule has 0 radical (unpaired) electrons. The summed E-state index contributed by atoms with van der Waals surface area (Å²) in [7, 11) is 3.78. The van der Waals surface area contributed by atoms with Crippen LogP contribution in [0, 0.1) is 5.82 Å². The number of nitrogens with zero attached hydrogens (tertiary/aromatic N) is 2. The number of rotatable bonds is 6. The summed E-state index contributed by atoms with van der Waals surface area (Å²) in [6.07, 6.45) is 1.57. The number of furan rings is 1. The Balaban J connectivity index is 1.68. The molecule has 5 nitrogen and oxygen atoms in total. The van der Waals surface area contributed by atoms with E-state index in [4.69, 9.17) is 4.42 Å². The quantitative estimate of drug-likeness (QED) is 0.731. The largest absolute Gasteiger partial charge is 0.462 e. The average molecular weight is 359 g/mol. The number of hydrogen-bond donors (Lipinski definition) is 1. The van der Waals surface area contributed by atoms with Gasteiger partial charge in [0.2, 0.25) is 0 Å². The Hall–Kier alpha value is -2.51.